The minimum atomic E-state index is -1.19. The van der Waals surface area contributed by atoms with Gasteiger partial charge in [0.05, 0.1) is 18.4 Å². The Kier molecular flexibility index (Phi) is 7.24. The largest absolute Gasteiger partial charge is 0.497 e. The molecule has 0 aliphatic rings. The van der Waals surface area contributed by atoms with Crippen LogP contribution in [0.3, 0.4) is 0 Å². The summed E-state index contributed by atoms with van der Waals surface area (Å²) in [6.07, 6.45) is 2.58. The highest BCUT2D eigenvalue weighted by Crippen LogP contribution is 2.34. The van der Waals surface area contributed by atoms with Crippen LogP contribution in [0.5, 0.6) is 11.6 Å². The fourth-order valence-electron chi connectivity index (χ4n) is 4.55. The summed E-state index contributed by atoms with van der Waals surface area (Å²) in [7, 11) is 1.61. The van der Waals surface area contributed by atoms with E-state index in [2.05, 4.69) is 4.98 Å². The summed E-state index contributed by atoms with van der Waals surface area (Å²) in [6, 6.07) is 15.6. The van der Waals surface area contributed by atoms with Crippen LogP contribution in [-0.4, -0.2) is 45.9 Å². The van der Waals surface area contributed by atoms with Crippen molar-refractivity contribution in [3.05, 3.63) is 82.8 Å². The van der Waals surface area contributed by atoms with Crippen molar-refractivity contribution in [2.75, 3.05) is 13.7 Å². The van der Waals surface area contributed by atoms with E-state index in [0.717, 1.165) is 28.1 Å². The van der Waals surface area contributed by atoms with E-state index in [9.17, 15) is 14.4 Å². The highest BCUT2D eigenvalue weighted by atomic mass is 16.5. The molecule has 37 heavy (non-hydrogen) atoms. The van der Waals surface area contributed by atoms with Crippen molar-refractivity contribution >= 4 is 23.2 Å². The molecule has 1 amide bonds. The molecule has 0 saturated heterocycles. The zero-order valence-corrected chi connectivity index (χ0v) is 20.8. The van der Waals surface area contributed by atoms with Crippen LogP contribution < -0.4 is 15.2 Å². The van der Waals surface area contributed by atoms with E-state index in [-0.39, 0.29) is 17.0 Å². The zero-order valence-electron chi connectivity index (χ0n) is 20.8. The Morgan fingerprint density at radius 3 is 2.41 bits per heavy atom. The summed E-state index contributed by atoms with van der Waals surface area (Å²) in [6.45, 7) is 2.96. The topological polar surface area (TPSA) is 133 Å². The first-order chi connectivity index (χ1) is 17.7. The number of ketones is 1. The first-order valence-corrected chi connectivity index (χ1v) is 11.7. The van der Waals surface area contributed by atoms with Gasteiger partial charge >= 0.3 is 5.97 Å². The van der Waals surface area contributed by atoms with Crippen LogP contribution in [0.15, 0.2) is 54.7 Å². The van der Waals surface area contributed by atoms with Crippen molar-refractivity contribution in [2.24, 2.45) is 5.73 Å². The fraction of sp³-hybridized carbons (Fsp3) is 0.214. The molecule has 4 rings (SSSR count). The molecule has 2 heterocycles. The van der Waals surface area contributed by atoms with Gasteiger partial charge in [-0.2, -0.15) is 0 Å². The average Bonchev–Trinajstić information content (AvgIpc) is 3.19. The van der Waals surface area contributed by atoms with E-state index in [1.165, 1.54) is 0 Å². The van der Waals surface area contributed by atoms with Gasteiger partial charge in [0.1, 0.15) is 11.3 Å². The van der Waals surface area contributed by atoms with Crippen molar-refractivity contribution in [1.29, 1.82) is 0 Å². The predicted octanol–water partition coefficient (Wildman–Crippen LogP) is 3.60. The number of nitrogens with zero attached hydrogens (tertiary/aromatic N) is 2. The van der Waals surface area contributed by atoms with E-state index in [1.807, 2.05) is 55.5 Å². The molecule has 0 radical (unpaired) electrons. The number of aliphatic carboxylic acids is 1. The normalized spacial score (nSPS) is 10.9. The lowest BCUT2D eigenvalue weighted by Gasteiger charge is -2.13. The summed E-state index contributed by atoms with van der Waals surface area (Å²) in [4.78, 5) is 40.6. The molecular weight excluding hydrogens is 474 g/mol. The Hall–Kier alpha value is -4.66. The molecule has 2 aromatic heterocycles. The van der Waals surface area contributed by atoms with Crippen LogP contribution in [0.25, 0.3) is 16.6 Å². The predicted molar refractivity (Wildman–Crippen MR) is 137 cm³/mol. The number of carboxylic acids is 1. The minimum absolute atomic E-state index is 0.0450. The van der Waals surface area contributed by atoms with Gasteiger partial charge in [-0.1, -0.05) is 43.3 Å². The summed E-state index contributed by atoms with van der Waals surface area (Å²) < 4.78 is 12.5. The summed E-state index contributed by atoms with van der Waals surface area (Å²) in [5, 5.41) is 9.15. The van der Waals surface area contributed by atoms with Gasteiger partial charge in [0, 0.05) is 18.3 Å². The molecule has 3 N–H and O–H groups in total. The van der Waals surface area contributed by atoms with Crippen molar-refractivity contribution < 1.29 is 29.0 Å². The van der Waals surface area contributed by atoms with E-state index in [0.29, 0.717) is 24.1 Å². The molecule has 0 atom stereocenters. The van der Waals surface area contributed by atoms with E-state index >= 15 is 0 Å². The molecule has 9 nitrogen and oxygen atoms in total. The number of carbonyl (C=O) groups excluding carboxylic acids is 2. The van der Waals surface area contributed by atoms with Gasteiger partial charge in [0.15, 0.2) is 6.61 Å². The van der Waals surface area contributed by atoms with Crippen molar-refractivity contribution in [2.45, 2.75) is 26.7 Å². The molecule has 0 bridgehead atoms. The van der Waals surface area contributed by atoms with Crippen molar-refractivity contribution in [3.63, 3.8) is 0 Å². The third kappa shape index (κ3) is 5.02. The summed E-state index contributed by atoms with van der Waals surface area (Å²) in [5.41, 5.74) is 10.6. The molecule has 0 fully saturated rings. The number of hydrogen-bond acceptors (Lipinski definition) is 6. The number of hydrogen-bond donors (Lipinski definition) is 2. The highest BCUT2D eigenvalue weighted by molar-refractivity contribution is 6.44. The number of fused-ring (bicyclic) bond motifs is 1. The lowest BCUT2D eigenvalue weighted by molar-refractivity contribution is -0.139. The number of rotatable bonds is 10. The van der Waals surface area contributed by atoms with Gasteiger partial charge in [0.25, 0.3) is 11.7 Å². The lowest BCUT2D eigenvalue weighted by atomic mass is 9.94. The maximum atomic E-state index is 13.0. The lowest BCUT2D eigenvalue weighted by Crippen LogP contribution is -2.24. The molecule has 2 aromatic carbocycles. The van der Waals surface area contributed by atoms with Crippen LogP contribution in [0.1, 0.15) is 39.8 Å². The number of primary amides is 1. The van der Waals surface area contributed by atoms with Gasteiger partial charge < -0.3 is 24.7 Å². The number of amides is 1. The zero-order chi connectivity index (χ0) is 26.7. The standard InChI is InChI=1S/C28H27N3O6/c1-4-20-22(13-18-7-5-6-8-21(18)17-9-11-19(36-3)12-10-17)31-14-16(2)30-28(37-15-23(32)33)25(31)24(20)26(34)27(29)35/h5-12,14H,4,13,15H2,1-3H3,(H2,29,35)(H,32,33). The third-order valence-corrected chi connectivity index (χ3v) is 6.13. The molecule has 0 saturated carbocycles. The number of benzene rings is 2. The Morgan fingerprint density at radius 2 is 1.78 bits per heavy atom. The molecule has 4 aromatic rings. The van der Waals surface area contributed by atoms with Gasteiger partial charge in [-0.05, 0) is 47.7 Å². The number of nitrogens with two attached hydrogens (primary N) is 1. The van der Waals surface area contributed by atoms with Gasteiger partial charge in [-0.25, -0.2) is 9.78 Å². The number of methoxy groups -OCH3 is 1. The second kappa shape index (κ2) is 10.5. The quantitative estimate of drug-likeness (QED) is 0.250. The Labute approximate surface area is 213 Å². The maximum absolute atomic E-state index is 13.0. The summed E-state index contributed by atoms with van der Waals surface area (Å²) in [5.74, 6) is -2.48. The molecule has 0 unspecified atom stereocenters. The Morgan fingerprint density at radius 1 is 1.08 bits per heavy atom. The number of carbonyl (C=O) groups is 3. The number of ether oxygens (including phenoxy) is 2. The second-order valence-corrected chi connectivity index (χ2v) is 8.50. The Balaban J connectivity index is 1.95. The molecule has 190 valence electrons. The average molecular weight is 502 g/mol. The highest BCUT2D eigenvalue weighted by Gasteiger charge is 2.29. The molecule has 9 heteroatoms. The first kappa shape index (κ1) is 25.4. The van der Waals surface area contributed by atoms with Crippen LogP contribution in [0.2, 0.25) is 0 Å². The number of Topliss-reactive ketones (excluding diaryl/α,β-unsaturated/α-hetero) is 1. The number of aromatic nitrogens is 2. The first-order valence-electron chi connectivity index (χ1n) is 11.7. The van der Waals surface area contributed by atoms with Crippen molar-refractivity contribution in [3.8, 4) is 22.8 Å². The van der Waals surface area contributed by atoms with Gasteiger partial charge in [0.2, 0.25) is 5.88 Å². The number of aryl methyl sites for hydroxylation is 1. The van der Waals surface area contributed by atoms with Crippen LogP contribution in [0.4, 0.5) is 0 Å². The SMILES string of the molecule is CCc1c(C(=O)C(N)=O)c2c(OCC(=O)O)nc(C)cn2c1Cc1ccccc1-c1ccc(OC)cc1. The van der Waals surface area contributed by atoms with Gasteiger partial charge in [-0.3, -0.25) is 9.59 Å². The molecule has 0 aliphatic carbocycles. The van der Waals surface area contributed by atoms with E-state index < -0.39 is 24.3 Å². The van der Waals surface area contributed by atoms with E-state index in [1.54, 1.807) is 24.6 Å². The summed E-state index contributed by atoms with van der Waals surface area (Å²) >= 11 is 0. The van der Waals surface area contributed by atoms with Gasteiger partial charge in [-0.15, -0.1) is 0 Å². The third-order valence-electron chi connectivity index (χ3n) is 6.13. The van der Waals surface area contributed by atoms with Crippen LogP contribution in [-0.2, 0) is 22.4 Å². The molecule has 0 spiro atoms. The van der Waals surface area contributed by atoms with Crippen LogP contribution >= 0.6 is 0 Å². The minimum Gasteiger partial charge on any atom is -0.497 e. The second-order valence-electron chi connectivity index (χ2n) is 8.50. The van der Waals surface area contributed by atoms with Crippen LogP contribution in [0, 0.1) is 6.92 Å². The molecular formula is C28H27N3O6. The fourth-order valence-corrected chi connectivity index (χ4v) is 4.55. The molecule has 0 aliphatic heterocycles. The maximum Gasteiger partial charge on any atom is 0.341 e. The smallest absolute Gasteiger partial charge is 0.341 e. The van der Waals surface area contributed by atoms with E-state index in [4.69, 9.17) is 20.3 Å². The monoisotopic (exact) mass is 501 g/mol. The van der Waals surface area contributed by atoms with Crippen molar-refractivity contribution in [1.82, 2.24) is 9.38 Å². The number of carboxylic acid groups (broad SMARTS) is 1. The Bertz CT molecular complexity index is 1500.